The monoisotopic (exact) mass is 126 g/mol. The van der Waals surface area contributed by atoms with Crippen LogP contribution in [0.15, 0.2) is 0 Å². The molecule has 1 rings (SSSR count). The molecule has 0 bridgehead atoms. The van der Waals surface area contributed by atoms with Gasteiger partial charge in [0.25, 0.3) is 0 Å². The van der Waals surface area contributed by atoms with Crippen molar-refractivity contribution in [2.75, 3.05) is 0 Å². The van der Waals surface area contributed by atoms with E-state index in [0.717, 1.165) is 19.3 Å². The van der Waals surface area contributed by atoms with Crippen LogP contribution in [0.2, 0.25) is 0 Å². The predicted octanol–water partition coefficient (Wildman–Crippen LogP) is 2.01. The second-order valence-electron chi connectivity index (χ2n) is 2.85. The molecule has 1 aliphatic rings. The van der Waals surface area contributed by atoms with E-state index in [4.69, 9.17) is 0 Å². The second kappa shape index (κ2) is 2.51. The molecule has 2 unspecified atom stereocenters. The first-order valence-corrected chi connectivity index (χ1v) is 3.83. The van der Waals surface area contributed by atoms with Crippen LogP contribution in [0.3, 0.4) is 0 Å². The number of hydrogen-bond donors (Lipinski definition) is 0. The Morgan fingerprint density at radius 2 is 1.78 bits per heavy atom. The fourth-order valence-corrected chi connectivity index (χ4v) is 1.48. The van der Waals surface area contributed by atoms with E-state index in [1.807, 2.05) is 0 Å². The van der Waals surface area contributed by atoms with Crippen molar-refractivity contribution in [2.24, 2.45) is 11.8 Å². The van der Waals surface area contributed by atoms with Gasteiger partial charge in [0, 0.05) is 11.8 Å². The van der Waals surface area contributed by atoms with Gasteiger partial charge in [-0.05, 0) is 19.3 Å². The Morgan fingerprint density at radius 1 is 1.33 bits per heavy atom. The summed E-state index contributed by atoms with van der Waals surface area (Å²) < 4.78 is 0. The molecule has 1 saturated carbocycles. The Morgan fingerprint density at radius 3 is 2.00 bits per heavy atom. The van der Waals surface area contributed by atoms with Crippen LogP contribution >= 0.6 is 0 Å². The van der Waals surface area contributed by atoms with Crippen molar-refractivity contribution in [2.45, 2.75) is 33.1 Å². The molecule has 9 heavy (non-hydrogen) atoms. The molecule has 0 amide bonds. The Balaban J connectivity index is 2.33. The molecule has 0 heterocycles. The third-order valence-corrected chi connectivity index (χ3v) is 2.36. The minimum absolute atomic E-state index is 0.426. The summed E-state index contributed by atoms with van der Waals surface area (Å²) >= 11 is 0. The molecule has 0 saturated heterocycles. The highest BCUT2D eigenvalue weighted by Crippen LogP contribution is 2.33. The molecule has 0 N–H and O–H groups in total. The number of rotatable bonds is 2. The average molecular weight is 126 g/mol. The lowest BCUT2D eigenvalue weighted by molar-refractivity contribution is -0.136. The fourth-order valence-electron chi connectivity index (χ4n) is 1.48. The first kappa shape index (κ1) is 6.79. The summed E-state index contributed by atoms with van der Waals surface area (Å²) in [5.41, 5.74) is 0. The first-order valence-electron chi connectivity index (χ1n) is 3.83. The largest absolute Gasteiger partial charge is 0.299 e. The van der Waals surface area contributed by atoms with Crippen LogP contribution in [0.4, 0.5) is 0 Å². The maximum Gasteiger partial charge on any atom is 0.139 e. The Bertz CT molecular complexity index is 106. The van der Waals surface area contributed by atoms with Gasteiger partial charge in [0.2, 0.25) is 0 Å². The van der Waals surface area contributed by atoms with Gasteiger partial charge in [-0.15, -0.1) is 0 Å². The molecule has 1 heteroatoms. The Hall–Kier alpha value is -0.330. The van der Waals surface area contributed by atoms with Gasteiger partial charge < -0.3 is 0 Å². The number of ketones is 1. The molecule has 0 aliphatic heterocycles. The summed E-state index contributed by atoms with van der Waals surface area (Å²) in [4.78, 5) is 11.0. The molecule has 2 atom stereocenters. The van der Waals surface area contributed by atoms with E-state index in [1.165, 1.54) is 0 Å². The van der Waals surface area contributed by atoms with Crippen molar-refractivity contribution < 1.29 is 4.79 Å². The third-order valence-electron chi connectivity index (χ3n) is 2.36. The van der Waals surface area contributed by atoms with Crippen LogP contribution in [0.25, 0.3) is 0 Å². The first-order chi connectivity index (χ1) is 4.29. The second-order valence-corrected chi connectivity index (χ2v) is 2.85. The quantitative estimate of drug-likeness (QED) is 0.553. The zero-order valence-corrected chi connectivity index (χ0v) is 6.18. The van der Waals surface area contributed by atoms with Gasteiger partial charge in [-0.1, -0.05) is 13.8 Å². The summed E-state index contributed by atoms with van der Waals surface area (Å²) in [5, 5.41) is 0. The highest BCUT2D eigenvalue weighted by atomic mass is 16.1. The van der Waals surface area contributed by atoms with Crippen molar-refractivity contribution in [1.82, 2.24) is 0 Å². The fraction of sp³-hybridized carbons (Fsp3) is 0.875. The van der Waals surface area contributed by atoms with E-state index < -0.39 is 0 Å². The van der Waals surface area contributed by atoms with Crippen LogP contribution in [0.1, 0.15) is 33.1 Å². The molecule has 0 aromatic rings. The zero-order valence-electron chi connectivity index (χ0n) is 6.18. The molecule has 0 spiro atoms. The molecular weight excluding hydrogens is 112 g/mol. The number of Topliss-reactive ketones (excluding diaryl/α,β-unsaturated/α-hetero) is 1. The van der Waals surface area contributed by atoms with E-state index in [-0.39, 0.29) is 0 Å². The van der Waals surface area contributed by atoms with Gasteiger partial charge >= 0.3 is 0 Å². The van der Waals surface area contributed by atoms with Crippen LogP contribution in [0, 0.1) is 11.8 Å². The smallest absolute Gasteiger partial charge is 0.139 e. The van der Waals surface area contributed by atoms with E-state index in [9.17, 15) is 4.79 Å². The average Bonchev–Trinajstić information content (AvgIpc) is 1.87. The maximum atomic E-state index is 11.0. The molecule has 1 aliphatic carbocycles. The summed E-state index contributed by atoms with van der Waals surface area (Å²) in [7, 11) is 0. The molecule has 1 nitrogen and oxygen atoms in total. The van der Waals surface area contributed by atoms with E-state index in [0.29, 0.717) is 17.6 Å². The zero-order chi connectivity index (χ0) is 6.85. The number of carbonyl (C=O) groups excluding carboxylic acids is 1. The van der Waals surface area contributed by atoms with Crippen molar-refractivity contribution in [3.8, 4) is 0 Å². The van der Waals surface area contributed by atoms with E-state index in [2.05, 4.69) is 13.8 Å². The number of hydrogen-bond acceptors (Lipinski definition) is 1. The summed E-state index contributed by atoms with van der Waals surface area (Å²) in [6.45, 7) is 4.18. The SMILES string of the molecule is CCC1CC(CC)C1=O. The molecule has 0 aromatic heterocycles. The third kappa shape index (κ3) is 1.00. The summed E-state index contributed by atoms with van der Waals surface area (Å²) in [6, 6.07) is 0. The molecule has 52 valence electrons. The Kier molecular flexibility index (Phi) is 1.89. The van der Waals surface area contributed by atoms with Crippen LogP contribution in [-0.2, 0) is 4.79 Å². The lowest BCUT2D eigenvalue weighted by Gasteiger charge is -2.31. The molecule has 0 radical (unpaired) electrons. The minimum atomic E-state index is 0.426. The molecule has 1 fully saturated rings. The number of carbonyl (C=O) groups is 1. The van der Waals surface area contributed by atoms with Crippen molar-refractivity contribution >= 4 is 5.78 Å². The summed E-state index contributed by atoms with van der Waals surface area (Å²) in [5.74, 6) is 1.37. The lowest BCUT2D eigenvalue weighted by atomic mass is 9.71. The predicted molar refractivity (Wildman–Crippen MR) is 37.2 cm³/mol. The highest BCUT2D eigenvalue weighted by Gasteiger charge is 2.35. The molecular formula is C8H14O. The molecule has 0 aromatic carbocycles. The van der Waals surface area contributed by atoms with Crippen molar-refractivity contribution in [3.63, 3.8) is 0 Å². The van der Waals surface area contributed by atoms with Gasteiger partial charge in [0.15, 0.2) is 0 Å². The van der Waals surface area contributed by atoms with Gasteiger partial charge in [0.1, 0.15) is 5.78 Å². The summed E-state index contributed by atoms with van der Waals surface area (Å²) in [6.07, 6.45) is 3.26. The topological polar surface area (TPSA) is 17.1 Å². The van der Waals surface area contributed by atoms with E-state index in [1.54, 1.807) is 0 Å². The Labute approximate surface area is 56.4 Å². The van der Waals surface area contributed by atoms with Gasteiger partial charge in [-0.3, -0.25) is 4.79 Å². The van der Waals surface area contributed by atoms with Gasteiger partial charge in [-0.2, -0.15) is 0 Å². The maximum absolute atomic E-state index is 11.0. The minimum Gasteiger partial charge on any atom is -0.299 e. The van der Waals surface area contributed by atoms with E-state index >= 15 is 0 Å². The van der Waals surface area contributed by atoms with Gasteiger partial charge in [0.05, 0.1) is 0 Å². The lowest BCUT2D eigenvalue weighted by Crippen LogP contribution is -2.35. The van der Waals surface area contributed by atoms with Gasteiger partial charge in [-0.25, -0.2) is 0 Å². The standard InChI is InChI=1S/C8H14O/c1-3-6-5-7(4-2)8(6)9/h6-7H,3-5H2,1-2H3. The highest BCUT2D eigenvalue weighted by molar-refractivity contribution is 5.88. The van der Waals surface area contributed by atoms with Crippen LogP contribution in [0.5, 0.6) is 0 Å². The van der Waals surface area contributed by atoms with Crippen molar-refractivity contribution in [3.05, 3.63) is 0 Å². The van der Waals surface area contributed by atoms with Crippen LogP contribution < -0.4 is 0 Å². The van der Waals surface area contributed by atoms with Crippen molar-refractivity contribution in [1.29, 1.82) is 0 Å². The normalized spacial score (nSPS) is 34.2. The van der Waals surface area contributed by atoms with Crippen LogP contribution in [-0.4, -0.2) is 5.78 Å².